The zero-order chi connectivity index (χ0) is 21.0. The zero-order valence-electron chi connectivity index (χ0n) is 17.5. The molecule has 0 aromatic rings. The van der Waals surface area contributed by atoms with Crippen LogP contribution in [0.3, 0.4) is 0 Å². The van der Waals surface area contributed by atoms with Gasteiger partial charge in [-0.25, -0.2) is 0 Å². The number of carbonyl (C=O) groups excluding carboxylic acids is 1. The van der Waals surface area contributed by atoms with Crippen molar-refractivity contribution in [3.63, 3.8) is 0 Å². The Kier molecular flexibility index (Phi) is 21.6. The van der Waals surface area contributed by atoms with Gasteiger partial charge in [0, 0.05) is 13.0 Å². The fraction of sp³-hybridized carbons (Fsp3) is 0.947. The van der Waals surface area contributed by atoms with Gasteiger partial charge in [-0.3, -0.25) is 4.79 Å². The molecule has 0 unspecified atom stereocenters. The van der Waals surface area contributed by atoms with Crippen LogP contribution in [0.2, 0.25) is 0 Å². The molecular weight excluding hydrogens is 367 g/mol. The standard InChI is InChI=1S/C19H40N2O.H3O4P/c1-4-5-6-7-8-9-10-11-12-13-14-16-19(22)20-17-15-18-21(2)3;1-5(2,3)4/h4-18H2,1-3H3,(H,20,22);(H3,1,2,3,4)/p-3. The van der Waals surface area contributed by atoms with E-state index in [-0.39, 0.29) is 5.91 Å². The topological polar surface area (TPSA) is 119 Å². The summed E-state index contributed by atoms with van der Waals surface area (Å²) in [6.45, 7) is 4.12. The highest BCUT2D eigenvalue weighted by atomic mass is 31.2. The molecule has 1 N–H and O–H groups in total. The van der Waals surface area contributed by atoms with Crippen LogP contribution in [0.1, 0.15) is 90.4 Å². The average molecular weight is 408 g/mol. The van der Waals surface area contributed by atoms with Crippen molar-refractivity contribution in [2.45, 2.75) is 90.4 Å². The molecule has 0 heterocycles. The van der Waals surface area contributed by atoms with Crippen molar-refractivity contribution in [3.05, 3.63) is 0 Å². The minimum atomic E-state index is -5.39. The van der Waals surface area contributed by atoms with Gasteiger partial charge in [-0.15, -0.1) is 0 Å². The summed E-state index contributed by atoms with van der Waals surface area (Å²) >= 11 is 0. The van der Waals surface area contributed by atoms with Crippen LogP contribution in [0.4, 0.5) is 0 Å². The number of hydrogen-bond donors (Lipinski definition) is 1. The number of unbranched alkanes of at least 4 members (excludes halogenated alkanes) is 10. The second-order valence-corrected chi connectivity index (χ2v) is 8.13. The van der Waals surface area contributed by atoms with Gasteiger partial charge >= 0.3 is 0 Å². The predicted molar refractivity (Wildman–Crippen MR) is 105 cm³/mol. The van der Waals surface area contributed by atoms with Gasteiger partial charge in [0.2, 0.25) is 5.91 Å². The molecular formula is C19H40N2O5P-3. The van der Waals surface area contributed by atoms with Gasteiger partial charge in [-0.1, -0.05) is 71.1 Å². The highest BCUT2D eigenvalue weighted by Gasteiger charge is 2.00. The third-order valence-corrected chi connectivity index (χ3v) is 4.11. The third kappa shape index (κ3) is 37.1. The van der Waals surface area contributed by atoms with Crippen LogP contribution in [-0.4, -0.2) is 38.0 Å². The van der Waals surface area contributed by atoms with Crippen LogP contribution in [0.15, 0.2) is 0 Å². The Morgan fingerprint density at radius 3 is 1.63 bits per heavy atom. The maximum atomic E-state index is 11.6. The molecule has 0 saturated carbocycles. The van der Waals surface area contributed by atoms with Gasteiger partial charge in [0.15, 0.2) is 0 Å². The molecule has 0 saturated heterocycles. The zero-order valence-corrected chi connectivity index (χ0v) is 18.4. The van der Waals surface area contributed by atoms with E-state index in [2.05, 4.69) is 31.2 Å². The van der Waals surface area contributed by atoms with Crippen molar-refractivity contribution >= 4 is 13.7 Å². The summed E-state index contributed by atoms with van der Waals surface area (Å²) in [6, 6.07) is 0. The van der Waals surface area contributed by atoms with E-state index in [1.54, 1.807) is 0 Å². The van der Waals surface area contributed by atoms with E-state index < -0.39 is 7.82 Å². The van der Waals surface area contributed by atoms with Gasteiger partial charge in [-0.2, -0.15) is 7.82 Å². The largest absolute Gasteiger partial charge is 0.822 e. The quantitative estimate of drug-likeness (QED) is 0.308. The molecule has 164 valence electrons. The van der Waals surface area contributed by atoms with Gasteiger partial charge in [-0.05, 0) is 33.5 Å². The second kappa shape index (κ2) is 20.3. The number of phosphoric acid groups is 1. The first kappa shape index (κ1) is 28.7. The van der Waals surface area contributed by atoms with E-state index >= 15 is 0 Å². The summed E-state index contributed by atoms with van der Waals surface area (Å²) in [5.74, 6) is 0.231. The molecule has 0 aliphatic heterocycles. The van der Waals surface area contributed by atoms with Crippen molar-refractivity contribution in [1.82, 2.24) is 10.2 Å². The first-order valence-corrected chi connectivity index (χ1v) is 11.8. The van der Waals surface area contributed by atoms with E-state index in [1.807, 2.05) is 0 Å². The van der Waals surface area contributed by atoms with Crippen LogP contribution in [0.5, 0.6) is 0 Å². The number of rotatable bonds is 16. The highest BCUT2D eigenvalue weighted by Crippen LogP contribution is 2.11. The predicted octanol–water partition coefficient (Wildman–Crippen LogP) is 1.93. The molecule has 0 spiro atoms. The summed E-state index contributed by atoms with van der Waals surface area (Å²) < 4.78 is 8.55. The van der Waals surface area contributed by atoms with E-state index in [4.69, 9.17) is 19.2 Å². The Balaban J connectivity index is 0. The molecule has 7 nitrogen and oxygen atoms in total. The first-order valence-electron chi connectivity index (χ1n) is 10.3. The number of nitrogens with zero attached hydrogens (tertiary/aromatic N) is 1. The summed E-state index contributed by atoms with van der Waals surface area (Å²) in [5.41, 5.74) is 0. The van der Waals surface area contributed by atoms with Crippen molar-refractivity contribution < 1.29 is 24.0 Å². The van der Waals surface area contributed by atoms with Crippen LogP contribution in [0.25, 0.3) is 0 Å². The monoisotopic (exact) mass is 407 g/mol. The highest BCUT2D eigenvalue weighted by molar-refractivity contribution is 7.40. The van der Waals surface area contributed by atoms with Gasteiger partial charge in [0.05, 0.1) is 0 Å². The lowest BCUT2D eigenvalue weighted by Crippen LogP contribution is -2.26. The second-order valence-electron chi connectivity index (χ2n) is 7.24. The van der Waals surface area contributed by atoms with Crippen LogP contribution < -0.4 is 20.0 Å². The molecule has 0 fully saturated rings. The Hall–Kier alpha value is -0.460. The molecule has 0 atom stereocenters. The molecule has 0 aliphatic carbocycles. The summed E-state index contributed by atoms with van der Waals surface area (Å²) in [4.78, 5) is 39.4. The molecule has 27 heavy (non-hydrogen) atoms. The van der Waals surface area contributed by atoms with Crippen LogP contribution in [0, 0.1) is 0 Å². The summed E-state index contributed by atoms with van der Waals surface area (Å²) in [5, 5.41) is 3.01. The smallest absolute Gasteiger partial charge is 0.219 e. The number of nitrogens with one attached hydrogen (secondary N) is 1. The van der Waals surface area contributed by atoms with Gasteiger partial charge in [0.25, 0.3) is 0 Å². The lowest BCUT2D eigenvalue weighted by atomic mass is 10.1. The summed E-state index contributed by atoms with van der Waals surface area (Å²) in [7, 11) is -1.26. The van der Waals surface area contributed by atoms with Crippen molar-refractivity contribution in [1.29, 1.82) is 0 Å². The Morgan fingerprint density at radius 2 is 1.22 bits per heavy atom. The number of amides is 1. The van der Waals surface area contributed by atoms with Crippen molar-refractivity contribution in [3.8, 4) is 0 Å². The van der Waals surface area contributed by atoms with Crippen molar-refractivity contribution in [2.75, 3.05) is 27.2 Å². The van der Waals surface area contributed by atoms with Gasteiger partial charge in [0.1, 0.15) is 0 Å². The average Bonchev–Trinajstić information content (AvgIpc) is 2.55. The van der Waals surface area contributed by atoms with Crippen molar-refractivity contribution in [2.24, 2.45) is 0 Å². The Labute approximate surface area is 166 Å². The summed E-state index contributed by atoms with van der Waals surface area (Å²) in [6.07, 6.45) is 16.4. The molecule has 8 heteroatoms. The van der Waals surface area contributed by atoms with E-state index in [0.717, 1.165) is 25.9 Å². The lowest BCUT2D eigenvalue weighted by Gasteiger charge is -2.36. The number of hydrogen-bond acceptors (Lipinski definition) is 6. The maximum Gasteiger partial charge on any atom is 0.219 e. The van der Waals surface area contributed by atoms with Gasteiger partial charge < -0.3 is 29.5 Å². The Bertz CT molecular complexity index is 367. The minimum Gasteiger partial charge on any atom is -0.822 e. The fourth-order valence-electron chi connectivity index (χ4n) is 2.66. The minimum absolute atomic E-state index is 0.231. The molecule has 0 aromatic carbocycles. The normalized spacial score (nSPS) is 11.2. The van der Waals surface area contributed by atoms with E-state index in [0.29, 0.717) is 6.42 Å². The molecule has 0 radical (unpaired) electrons. The van der Waals surface area contributed by atoms with E-state index in [9.17, 15) is 4.79 Å². The van der Waals surface area contributed by atoms with E-state index in [1.165, 1.54) is 64.2 Å². The fourth-order valence-corrected chi connectivity index (χ4v) is 2.66. The lowest BCUT2D eigenvalue weighted by molar-refractivity contribution is -0.432. The molecule has 0 aliphatic rings. The molecule has 1 amide bonds. The molecule has 0 bridgehead atoms. The first-order chi connectivity index (χ1) is 12.7. The van der Waals surface area contributed by atoms with Crippen LogP contribution in [-0.2, 0) is 9.36 Å². The third-order valence-electron chi connectivity index (χ3n) is 4.11. The molecule has 0 rings (SSSR count). The maximum absolute atomic E-state index is 11.6. The Morgan fingerprint density at radius 1 is 0.815 bits per heavy atom. The SMILES string of the molecule is CCCCCCCCCCCCCC(=O)NCCCN(C)C.O=P([O-])([O-])[O-]. The number of carbonyl (C=O) groups is 1. The van der Waals surface area contributed by atoms with Crippen LogP contribution >= 0.6 is 7.82 Å². The molecule has 0 aromatic heterocycles.